The number of ether oxygens (including phenoxy) is 1. The van der Waals surface area contributed by atoms with Crippen molar-refractivity contribution < 1.29 is 14.1 Å². The zero-order valence-corrected chi connectivity index (χ0v) is 16.8. The van der Waals surface area contributed by atoms with E-state index < -0.39 is 0 Å². The van der Waals surface area contributed by atoms with Crippen LogP contribution in [0.25, 0.3) is 22.4 Å². The van der Waals surface area contributed by atoms with E-state index in [-0.39, 0.29) is 12.0 Å². The van der Waals surface area contributed by atoms with E-state index in [0.29, 0.717) is 5.89 Å². The minimum atomic E-state index is 0.249. The maximum Gasteiger partial charge on any atom is 0.258 e. The van der Waals surface area contributed by atoms with Gasteiger partial charge in [0.15, 0.2) is 5.82 Å². The third-order valence-corrected chi connectivity index (χ3v) is 4.82. The van der Waals surface area contributed by atoms with Crippen molar-refractivity contribution in [3.05, 3.63) is 30.2 Å². The van der Waals surface area contributed by atoms with E-state index in [1.165, 1.54) is 0 Å². The molecule has 0 unspecified atom stereocenters. The van der Waals surface area contributed by atoms with Gasteiger partial charge in [0.25, 0.3) is 5.89 Å². The number of likely N-dealkylation sites (tertiary alicyclic amines) is 1. The molecule has 0 atom stereocenters. The number of methoxy groups -OCH3 is 1. The van der Waals surface area contributed by atoms with Crippen LogP contribution in [0, 0.1) is 0 Å². The fourth-order valence-corrected chi connectivity index (χ4v) is 3.36. The molecule has 0 radical (unpaired) electrons. The molecule has 150 valence electrons. The number of hydrogen-bond acceptors (Lipinski definition) is 6. The van der Waals surface area contributed by atoms with E-state index in [1.54, 1.807) is 19.1 Å². The van der Waals surface area contributed by atoms with Gasteiger partial charge < -0.3 is 14.2 Å². The van der Waals surface area contributed by atoms with Crippen molar-refractivity contribution in [3.8, 4) is 11.5 Å². The van der Waals surface area contributed by atoms with Gasteiger partial charge >= 0.3 is 0 Å². The topological polar surface area (TPSA) is 86.3 Å². The first-order valence-corrected chi connectivity index (χ1v) is 9.48. The second kappa shape index (κ2) is 8.97. The van der Waals surface area contributed by atoms with E-state index in [1.807, 2.05) is 23.0 Å². The van der Waals surface area contributed by atoms with Gasteiger partial charge in [0, 0.05) is 50.2 Å². The lowest BCUT2D eigenvalue weighted by molar-refractivity contribution is -0.119. The molecule has 8 heteroatoms. The quantitative estimate of drug-likeness (QED) is 0.641. The van der Waals surface area contributed by atoms with Crippen LogP contribution in [0.5, 0.6) is 0 Å². The summed E-state index contributed by atoms with van der Waals surface area (Å²) in [6.45, 7) is 5.71. The van der Waals surface area contributed by atoms with Gasteiger partial charge in [-0.05, 0) is 38.8 Å². The normalized spacial score (nSPS) is 15.0. The molecule has 1 saturated heterocycles. The van der Waals surface area contributed by atoms with Crippen molar-refractivity contribution in [2.45, 2.75) is 38.6 Å². The highest BCUT2D eigenvalue weighted by Crippen LogP contribution is 2.29. The van der Waals surface area contributed by atoms with Crippen molar-refractivity contribution in [2.24, 2.45) is 0 Å². The molecule has 0 saturated carbocycles. The summed E-state index contributed by atoms with van der Waals surface area (Å²) in [7, 11) is 3.25. The predicted molar refractivity (Wildman–Crippen MR) is 106 cm³/mol. The van der Waals surface area contributed by atoms with Crippen molar-refractivity contribution >= 4 is 17.3 Å². The molecule has 0 bridgehead atoms. The van der Waals surface area contributed by atoms with Crippen LogP contribution >= 0.6 is 0 Å². The van der Waals surface area contributed by atoms with E-state index in [4.69, 9.17) is 4.52 Å². The SMILES string of the molecule is CC(C)n1ncc2ccc(-c3nc(C4CCN(C=O)CC4)no3)cc21.COC. The van der Waals surface area contributed by atoms with Gasteiger partial charge in [0.05, 0.1) is 11.7 Å². The van der Waals surface area contributed by atoms with Crippen LogP contribution in [0.4, 0.5) is 0 Å². The van der Waals surface area contributed by atoms with Crippen LogP contribution in [0.2, 0.25) is 0 Å². The molecule has 3 heterocycles. The molecular weight excluding hydrogens is 358 g/mol. The Kier molecular flexibility index (Phi) is 6.41. The average molecular weight is 385 g/mol. The number of benzene rings is 1. The van der Waals surface area contributed by atoms with Gasteiger partial charge in [-0.25, -0.2) is 0 Å². The van der Waals surface area contributed by atoms with E-state index >= 15 is 0 Å². The Morgan fingerprint density at radius 1 is 1.25 bits per heavy atom. The lowest BCUT2D eigenvalue weighted by atomic mass is 9.96. The molecule has 4 rings (SSSR count). The summed E-state index contributed by atoms with van der Waals surface area (Å²) in [4.78, 5) is 17.2. The summed E-state index contributed by atoms with van der Waals surface area (Å²) < 4.78 is 11.8. The molecule has 3 aromatic rings. The molecule has 1 aliphatic heterocycles. The van der Waals surface area contributed by atoms with Crippen molar-refractivity contribution in [1.82, 2.24) is 24.8 Å². The van der Waals surface area contributed by atoms with Crippen molar-refractivity contribution in [3.63, 3.8) is 0 Å². The van der Waals surface area contributed by atoms with Gasteiger partial charge in [-0.2, -0.15) is 10.1 Å². The van der Waals surface area contributed by atoms with Crippen LogP contribution in [-0.2, 0) is 9.53 Å². The number of rotatable bonds is 4. The second-order valence-electron chi connectivity index (χ2n) is 7.24. The fourth-order valence-electron chi connectivity index (χ4n) is 3.36. The number of nitrogens with zero attached hydrogens (tertiary/aromatic N) is 5. The number of fused-ring (bicyclic) bond motifs is 1. The van der Waals surface area contributed by atoms with Crippen LogP contribution < -0.4 is 0 Å². The highest BCUT2D eigenvalue weighted by atomic mass is 16.5. The molecule has 0 N–H and O–H groups in total. The van der Waals surface area contributed by atoms with E-state index in [0.717, 1.165) is 54.6 Å². The van der Waals surface area contributed by atoms with Crippen molar-refractivity contribution in [2.75, 3.05) is 27.3 Å². The monoisotopic (exact) mass is 385 g/mol. The standard InChI is InChI=1S/C18H21N5O2.C2H6O/c1-12(2)23-16-9-14(3-4-15(16)10-19-23)18-20-17(21-25-18)13-5-7-22(11-24)8-6-13;1-3-2/h3-4,9-13H,5-8H2,1-2H3;1-2H3. The zero-order valence-electron chi connectivity index (χ0n) is 16.8. The number of aromatic nitrogens is 4. The number of amides is 1. The van der Waals surface area contributed by atoms with Gasteiger partial charge in [0.2, 0.25) is 6.41 Å². The zero-order chi connectivity index (χ0) is 20.1. The smallest absolute Gasteiger partial charge is 0.258 e. The highest BCUT2D eigenvalue weighted by molar-refractivity contribution is 5.83. The molecule has 1 fully saturated rings. The van der Waals surface area contributed by atoms with Crippen molar-refractivity contribution in [1.29, 1.82) is 0 Å². The minimum absolute atomic E-state index is 0.249. The Morgan fingerprint density at radius 2 is 1.96 bits per heavy atom. The molecular formula is C20H27N5O3. The Balaban J connectivity index is 0.000000706. The lowest BCUT2D eigenvalue weighted by Crippen LogP contribution is -2.31. The summed E-state index contributed by atoms with van der Waals surface area (Å²) >= 11 is 0. The van der Waals surface area contributed by atoms with Crippen LogP contribution in [0.1, 0.15) is 44.5 Å². The second-order valence-corrected chi connectivity index (χ2v) is 7.24. The number of piperidine rings is 1. The number of carbonyl (C=O) groups excluding carboxylic acids is 1. The first-order valence-electron chi connectivity index (χ1n) is 9.48. The maximum absolute atomic E-state index is 10.8. The molecule has 2 aromatic heterocycles. The fraction of sp³-hybridized carbons (Fsp3) is 0.500. The number of hydrogen-bond donors (Lipinski definition) is 0. The summed E-state index contributed by atoms with van der Waals surface area (Å²) in [5.41, 5.74) is 1.96. The minimum Gasteiger partial charge on any atom is -0.388 e. The third-order valence-electron chi connectivity index (χ3n) is 4.82. The summed E-state index contributed by atoms with van der Waals surface area (Å²) in [5, 5.41) is 9.71. The molecule has 0 aliphatic carbocycles. The third kappa shape index (κ3) is 4.22. The summed E-state index contributed by atoms with van der Waals surface area (Å²) in [6, 6.07) is 6.35. The molecule has 0 spiro atoms. The molecule has 1 amide bonds. The van der Waals surface area contributed by atoms with Crippen LogP contribution in [0.15, 0.2) is 28.9 Å². The van der Waals surface area contributed by atoms with E-state index in [9.17, 15) is 4.79 Å². The Labute approximate surface area is 164 Å². The molecule has 1 aromatic carbocycles. The number of carbonyl (C=O) groups is 1. The Bertz CT molecular complexity index is 910. The lowest BCUT2D eigenvalue weighted by Gasteiger charge is -2.27. The van der Waals surface area contributed by atoms with Gasteiger partial charge in [0.1, 0.15) is 0 Å². The first kappa shape index (κ1) is 20.0. The molecule has 8 nitrogen and oxygen atoms in total. The molecule has 28 heavy (non-hydrogen) atoms. The Hall–Kier alpha value is -2.74. The maximum atomic E-state index is 10.8. The predicted octanol–water partition coefficient (Wildman–Crippen LogP) is 3.27. The van der Waals surface area contributed by atoms with Crippen LogP contribution in [0.3, 0.4) is 0 Å². The van der Waals surface area contributed by atoms with Gasteiger partial charge in [-0.15, -0.1) is 0 Å². The highest BCUT2D eigenvalue weighted by Gasteiger charge is 2.24. The summed E-state index contributed by atoms with van der Waals surface area (Å²) in [6.07, 6.45) is 4.53. The van der Waals surface area contributed by atoms with E-state index in [2.05, 4.69) is 39.9 Å². The molecule has 1 aliphatic rings. The average Bonchev–Trinajstić information content (AvgIpc) is 3.35. The van der Waals surface area contributed by atoms with Crippen LogP contribution in [-0.4, -0.2) is 58.5 Å². The Morgan fingerprint density at radius 3 is 2.61 bits per heavy atom. The summed E-state index contributed by atoms with van der Waals surface area (Å²) in [5.74, 6) is 1.52. The van der Waals surface area contributed by atoms with Gasteiger partial charge in [-0.1, -0.05) is 11.2 Å². The first-order chi connectivity index (χ1) is 13.6. The van der Waals surface area contributed by atoms with Gasteiger partial charge in [-0.3, -0.25) is 9.48 Å². The largest absolute Gasteiger partial charge is 0.388 e.